The van der Waals surface area contributed by atoms with E-state index in [-0.39, 0.29) is 29.9 Å². The van der Waals surface area contributed by atoms with Crippen LogP contribution in [-0.4, -0.2) is 48.1 Å². The van der Waals surface area contributed by atoms with Crippen LogP contribution < -0.4 is 10.5 Å². The number of rotatable bonds is 4. The van der Waals surface area contributed by atoms with Crippen LogP contribution in [0.3, 0.4) is 0 Å². The van der Waals surface area contributed by atoms with Gasteiger partial charge in [0.1, 0.15) is 11.2 Å². The maximum Gasteiger partial charge on any atom is 0.239 e. The molecule has 31 heavy (non-hydrogen) atoms. The van der Waals surface area contributed by atoms with Crippen molar-refractivity contribution >= 4 is 27.9 Å². The Morgan fingerprint density at radius 3 is 2.87 bits per heavy atom. The first-order chi connectivity index (χ1) is 14.7. The summed E-state index contributed by atoms with van der Waals surface area (Å²) in [4.78, 5) is 12.5. The Hall–Kier alpha value is -3.45. The molecule has 1 aliphatic heterocycles. The van der Waals surface area contributed by atoms with Gasteiger partial charge >= 0.3 is 0 Å². The summed E-state index contributed by atoms with van der Waals surface area (Å²) in [5, 5.41) is 0. The van der Waals surface area contributed by atoms with E-state index in [1.807, 2.05) is 6.07 Å². The van der Waals surface area contributed by atoms with Gasteiger partial charge < -0.3 is 10.5 Å². The van der Waals surface area contributed by atoms with Crippen molar-refractivity contribution in [2.75, 3.05) is 19.4 Å². The average molecular weight is 441 g/mol. The molecule has 10 heteroatoms. The first kappa shape index (κ1) is 20.8. The Kier molecular flexibility index (Phi) is 5.15. The number of aliphatic imine (C=N–C) groups is 1. The van der Waals surface area contributed by atoms with Gasteiger partial charge in [0.05, 0.1) is 18.1 Å². The summed E-state index contributed by atoms with van der Waals surface area (Å²) in [6, 6.07) is 5.34. The molecule has 2 N–H and O–H groups in total. The Morgan fingerprint density at radius 2 is 2.19 bits per heavy atom. The molecule has 1 atom stereocenters. The lowest BCUT2D eigenvalue weighted by atomic mass is 9.71. The number of guanidine groups is 1. The normalized spacial score (nSPS) is 21.5. The summed E-state index contributed by atoms with van der Waals surface area (Å²) in [6.45, 7) is 1.88. The van der Waals surface area contributed by atoms with Crippen molar-refractivity contribution in [2.24, 2.45) is 10.7 Å². The average Bonchev–Trinajstić information content (AvgIpc) is 2.73. The SMILES string of the molecule is CC#CCOc1cnc(/C(F)=C/c2ccc3c(c2)[C@]2(C3)CS(=O)(=O)N(C)C(N)=N2)cn1. The highest BCUT2D eigenvalue weighted by atomic mass is 32.2. The predicted octanol–water partition coefficient (Wildman–Crippen LogP) is 1.69. The molecule has 160 valence electrons. The number of hydrogen-bond acceptors (Lipinski definition) is 7. The Labute approximate surface area is 179 Å². The van der Waals surface area contributed by atoms with Gasteiger partial charge in [0.25, 0.3) is 0 Å². The molecular formula is C21H20FN5O3S. The van der Waals surface area contributed by atoms with E-state index < -0.39 is 21.4 Å². The van der Waals surface area contributed by atoms with Crippen LogP contribution >= 0.6 is 0 Å². The number of aromatic nitrogens is 2. The summed E-state index contributed by atoms with van der Waals surface area (Å²) in [5.74, 6) is 4.88. The quantitative estimate of drug-likeness (QED) is 0.723. The van der Waals surface area contributed by atoms with Gasteiger partial charge in [0.15, 0.2) is 12.4 Å². The first-order valence-corrected chi connectivity index (χ1v) is 11.0. The number of nitrogens with zero attached hydrogens (tertiary/aromatic N) is 4. The van der Waals surface area contributed by atoms with Gasteiger partial charge in [-0.2, -0.15) is 0 Å². The second-order valence-corrected chi connectivity index (χ2v) is 9.27. The first-order valence-electron chi connectivity index (χ1n) is 9.41. The van der Waals surface area contributed by atoms with Crippen LogP contribution in [-0.2, 0) is 22.0 Å². The smallest absolute Gasteiger partial charge is 0.239 e. The van der Waals surface area contributed by atoms with Gasteiger partial charge in [0.2, 0.25) is 21.9 Å². The van der Waals surface area contributed by atoms with Crippen LogP contribution in [0.1, 0.15) is 29.3 Å². The van der Waals surface area contributed by atoms with Crippen LogP contribution in [0.2, 0.25) is 0 Å². The zero-order chi connectivity index (χ0) is 22.2. The molecule has 0 amide bonds. The maximum absolute atomic E-state index is 14.7. The fraction of sp³-hybridized carbons (Fsp3) is 0.286. The van der Waals surface area contributed by atoms with Gasteiger partial charge in [-0.25, -0.2) is 32.1 Å². The second-order valence-electron chi connectivity index (χ2n) is 7.27. The van der Waals surface area contributed by atoms with Crippen LogP contribution in [0.4, 0.5) is 4.39 Å². The zero-order valence-electron chi connectivity index (χ0n) is 17.0. The number of hydrogen-bond donors (Lipinski definition) is 1. The summed E-state index contributed by atoms with van der Waals surface area (Å²) < 4.78 is 45.8. The Morgan fingerprint density at radius 1 is 1.39 bits per heavy atom. The van der Waals surface area contributed by atoms with Gasteiger partial charge in [-0.1, -0.05) is 18.1 Å². The third-order valence-corrected chi connectivity index (χ3v) is 7.11. The largest absolute Gasteiger partial charge is 0.463 e. The van der Waals surface area contributed by atoms with Crippen LogP contribution in [0, 0.1) is 11.8 Å². The van der Waals surface area contributed by atoms with Crippen LogP contribution in [0.5, 0.6) is 5.88 Å². The number of sulfonamides is 1. The second kappa shape index (κ2) is 7.67. The lowest BCUT2D eigenvalue weighted by molar-refractivity contribution is 0.353. The highest BCUT2D eigenvalue weighted by molar-refractivity contribution is 7.89. The Bertz CT molecular complexity index is 1260. The third-order valence-electron chi connectivity index (χ3n) is 5.24. The topological polar surface area (TPSA) is 111 Å². The predicted molar refractivity (Wildman–Crippen MR) is 115 cm³/mol. The fourth-order valence-corrected chi connectivity index (χ4v) is 5.03. The molecule has 1 spiro atoms. The van der Waals surface area contributed by atoms with E-state index in [1.165, 1.54) is 25.5 Å². The van der Waals surface area contributed by atoms with Crippen molar-refractivity contribution in [3.05, 3.63) is 53.0 Å². The molecule has 1 aliphatic carbocycles. The molecule has 2 aliphatic rings. The summed E-state index contributed by atoms with van der Waals surface area (Å²) in [7, 11) is -2.19. The van der Waals surface area contributed by atoms with E-state index in [0.717, 1.165) is 15.4 Å². The van der Waals surface area contributed by atoms with E-state index in [4.69, 9.17) is 10.5 Å². The van der Waals surface area contributed by atoms with E-state index in [1.54, 1.807) is 19.1 Å². The van der Waals surface area contributed by atoms with E-state index in [9.17, 15) is 12.8 Å². The third kappa shape index (κ3) is 3.84. The van der Waals surface area contributed by atoms with Crippen molar-refractivity contribution in [1.82, 2.24) is 14.3 Å². The minimum Gasteiger partial charge on any atom is -0.463 e. The molecule has 8 nitrogen and oxygen atoms in total. The number of benzene rings is 1. The van der Waals surface area contributed by atoms with Gasteiger partial charge in [-0.15, -0.1) is 5.92 Å². The number of nitrogens with two attached hydrogens (primary N) is 1. The molecule has 0 unspecified atom stereocenters. The Balaban J connectivity index is 1.59. The lowest BCUT2D eigenvalue weighted by Gasteiger charge is -2.44. The standard InChI is InChI=1S/C21H20FN5O3S/c1-3-4-7-30-19-12-24-18(11-25-19)17(22)9-14-5-6-15-10-21(16(15)8-14)13-31(28,29)27(2)20(23)26-21/h5-6,8-9,11-12H,7,10,13H2,1-2H3,(H2,23,26)/b17-9-/t21-/m0/s1. The number of fused-ring (bicyclic) bond motifs is 2. The molecule has 0 saturated carbocycles. The van der Waals surface area contributed by atoms with Crippen molar-refractivity contribution in [2.45, 2.75) is 18.9 Å². The lowest BCUT2D eigenvalue weighted by Crippen LogP contribution is -2.55. The molecular weight excluding hydrogens is 421 g/mol. The molecule has 0 radical (unpaired) electrons. The molecule has 0 fully saturated rings. The molecule has 0 bridgehead atoms. The molecule has 0 saturated heterocycles. The monoisotopic (exact) mass is 441 g/mol. The molecule has 2 aromatic rings. The zero-order valence-corrected chi connectivity index (χ0v) is 17.8. The summed E-state index contributed by atoms with van der Waals surface area (Å²) in [6.07, 6.45) is 4.39. The summed E-state index contributed by atoms with van der Waals surface area (Å²) >= 11 is 0. The highest BCUT2D eigenvalue weighted by Gasteiger charge is 2.50. The van der Waals surface area contributed by atoms with E-state index in [0.29, 0.717) is 12.0 Å². The fourth-order valence-electron chi connectivity index (χ4n) is 3.58. The van der Waals surface area contributed by atoms with Crippen LogP contribution in [0.15, 0.2) is 35.6 Å². The molecule has 4 rings (SSSR count). The molecule has 2 heterocycles. The van der Waals surface area contributed by atoms with E-state index >= 15 is 0 Å². The number of ether oxygens (including phenoxy) is 1. The van der Waals surface area contributed by atoms with Crippen molar-refractivity contribution < 1.29 is 17.5 Å². The minimum absolute atomic E-state index is 0.0495. The van der Waals surface area contributed by atoms with Crippen molar-refractivity contribution in [1.29, 1.82) is 0 Å². The van der Waals surface area contributed by atoms with Gasteiger partial charge in [0, 0.05) is 13.5 Å². The minimum atomic E-state index is -3.56. The van der Waals surface area contributed by atoms with E-state index in [2.05, 4.69) is 26.8 Å². The highest BCUT2D eigenvalue weighted by Crippen LogP contribution is 2.46. The van der Waals surface area contributed by atoms with Crippen LogP contribution in [0.25, 0.3) is 11.9 Å². The summed E-state index contributed by atoms with van der Waals surface area (Å²) in [5.41, 5.74) is 7.22. The number of halogens is 1. The van der Waals surface area contributed by atoms with Gasteiger partial charge in [-0.3, -0.25) is 0 Å². The van der Waals surface area contributed by atoms with Crippen molar-refractivity contribution in [3.8, 4) is 17.7 Å². The van der Waals surface area contributed by atoms with Crippen molar-refractivity contribution in [3.63, 3.8) is 0 Å². The van der Waals surface area contributed by atoms with Gasteiger partial charge in [-0.05, 0) is 35.8 Å². The maximum atomic E-state index is 14.7. The molecule has 1 aromatic heterocycles. The molecule has 1 aromatic carbocycles.